The molecule has 0 aliphatic carbocycles. The molecule has 6 heteroatoms. The predicted molar refractivity (Wildman–Crippen MR) is 177 cm³/mol. The van der Waals surface area contributed by atoms with Gasteiger partial charge in [0.1, 0.15) is 12.2 Å². The fourth-order valence-electron chi connectivity index (χ4n) is 5.26. The van der Waals surface area contributed by atoms with Crippen molar-refractivity contribution < 1.29 is 23.8 Å². The van der Waals surface area contributed by atoms with E-state index >= 15 is 0 Å². The van der Waals surface area contributed by atoms with Gasteiger partial charge in [0.25, 0.3) is 0 Å². The van der Waals surface area contributed by atoms with Crippen molar-refractivity contribution in [2.75, 3.05) is 27.2 Å². The number of unbranched alkanes of at least 4 members (excludes halogenated alkanes) is 15. The molecule has 0 radical (unpaired) electrons. The van der Waals surface area contributed by atoms with Gasteiger partial charge in [-0.2, -0.15) is 0 Å². The second-order valence-corrected chi connectivity index (χ2v) is 12.4. The summed E-state index contributed by atoms with van der Waals surface area (Å²) in [6.45, 7) is 7.29. The quantitative estimate of drug-likeness (QED) is 0.0467. The zero-order valence-electron chi connectivity index (χ0n) is 28.5. The second-order valence-electron chi connectivity index (χ2n) is 12.4. The molecule has 0 aromatic carbocycles. The maximum atomic E-state index is 12.3. The summed E-state index contributed by atoms with van der Waals surface area (Å²) in [4.78, 5) is 25.8. The van der Waals surface area contributed by atoms with Gasteiger partial charge in [0.2, 0.25) is 0 Å². The van der Waals surface area contributed by atoms with Crippen LogP contribution in [0, 0.1) is 0 Å². The number of carbonyl (C=O) groups excluding carboxylic acids is 2. The molecule has 42 heavy (non-hydrogen) atoms. The number of hydrogen-bond donors (Lipinski definition) is 0. The number of esters is 1. The summed E-state index contributed by atoms with van der Waals surface area (Å²) < 4.78 is 16.6. The van der Waals surface area contributed by atoms with E-state index in [-0.39, 0.29) is 18.2 Å². The topological polar surface area (TPSA) is 65.1 Å². The summed E-state index contributed by atoms with van der Waals surface area (Å²) in [5.41, 5.74) is 0. The average molecular weight is 596 g/mol. The van der Waals surface area contributed by atoms with Gasteiger partial charge in [-0.25, -0.2) is 4.79 Å². The lowest BCUT2D eigenvalue weighted by Gasteiger charge is -2.18. The molecule has 0 aromatic heterocycles. The number of nitrogens with zero attached hydrogens (tertiary/aromatic N) is 1. The van der Waals surface area contributed by atoms with E-state index in [4.69, 9.17) is 14.2 Å². The minimum Gasteiger partial charge on any atom is -0.462 e. The van der Waals surface area contributed by atoms with Crippen LogP contribution >= 0.6 is 0 Å². The van der Waals surface area contributed by atoms with Crippen molar-refractivity contribution in [2.24, 2.45) is 0 Å². The van der Waals surface area contributed by atoms with E-state index in [0.29, 0.717) is 6.61 Å². The van der Waals surface area contributed by atoms with E-state index < -0.39 is 6.16 Å². The summed E-state index contributed by atoms with van der Waals surface area (Å²) in [7, 11) is 4.04. The Morgan fingerprint density at radius 2 is 1.12 bits per heavy atom. The molecule has 0 aliphatic heterocycles. The zero-order valence-corrected chi connectivity index (χ0v) is 28.5. The molecule has 0 N–H and O–H groups in total. The van der Waals surface area contributed by atoms with Crippen LogP contribution in [0.3, 0.4) is 0 Å². The van der Waals surface area contributed by atoms with E-state index in [0.717, 1.165) is 64.3 Å². The van der Waals surface area contributed by atoms with Crippen LogP contribution in [0.25, 0.3) is 0 Å². The van der Waals surface area contributed by atoms with Crippen molar-refractivity contribution in [3.63, 3.8) is 0 Å². The van der Waals surface area contributed by atoms with Crippen LogP contribution in [0.1, 0.15) is 168 Å². The Kier molecular flexibility index (Phi) is 29.7. The Balaban J connectivity index is 4.21. The molecule has 0 aromatic rings. The van der Waals surface area contributed by atoms with E-state index in [2.05, 4.69) is 30.9 Å². The van der Waals surface area contributed by atoms with E-state index in [1.165, 1.54) is 96.8 Å². The van der Waals surface area contributed by atoms with Gasteiger partial charge in [-0.1, -0.05) is 109 Å². The van der Waals surface area contributed by atoms with Crippen LogP contribution in [0.5, 0.6) is 0 Å². The Hall–Kier alpha value is -1.56. The first-order chi connectivity index (χ1) is 20.4. The number of rotatable bonds is 30. The molecule has 0 amide bonds. The van der Waals surface area contributed by atoms with Crippen LogP contribution in [0.15, 0.2) is 12.2 Å². The van der Waals surface area contributed by atoms with Crippen molar-refractivity contribution in [1.29, 1.82) is 0 Å². The molecule has 0 saturated heterocycles. The first-order valence-electron chi connectivity index (χ1n) is 17.7. The molecule has 2 atom stereocenters. The van der Waals surface area contributed by atoms with Gasteiger partial charge >= 0.3 is 12.1 Å². The van der Waals surface area contributed by atoms with Crippen LogP contribution < -0.4 is 0 Å². The predicted octanol–water partition coefficient (Wildman–Crippen LogP) is 10.6. The Labute approximate surface area is 260 Å². The zero-order chi connectivity index (χ0) is 31.1. The highest BCUT2D eigenvalue weighted by Gasteiger charge is 2.15. The number of ether oxygens (including phenoxy) is 3. The Morgan fingerprint density at radius 1 is 0.619 bits per heavy atom. The average Bonchev–Trinajstić information content (AvgIpc) is 2.95. The van der Waals surface area contributed by atoms with E-state index in [9.17, 15) is 9.59 Å². The SMILES string of the molecule is CCCCCCCCCCC(CCCCCCCC=CC[C@@H](CCCCCC)OC(C)=O)OC(=O)OCCCN(C)C. The standard InChI is InChI=1S/C36H69NO5/c1-6-8-10-12-13-16-20-24-29-35(42-36(39)40-32-26-31-37(4)5)30-25-21-18-15-14-17-19-23-28-34(41-33(3)38)27-22-11-9-7-2/h19,23,34-35H,6-18,20-22,24-32H2,1-5H3/t34-,35?/m1/s1. The van der Waals surface area contributed by atoms with Crippen LogP contribution in [0.4, 0.5) is 4.79 Å². The van der Waals surface area contributed by atoms with Gasteiger partial charge in [-0.15, -0.1) is 0 Å². The number of hydrogen-bond acceptors (Lipinski definition) is 6. The molecule has 248 valence electrons. The molecular formula is C36H69NO5. The Bertz CT molecular complexity index is 636. The third kappa shape index (κ3) is 29.9. The molecule has 6 nitrogen and oxygen atoms in total. The highest BCUT2D eigenvalue weighted by molar-refractivity contribution is 5.66. The van der Waals surface area contributed by atoms with Gasteiger partial charge in [0, 0.05) is 19.9 Å². The summed E-state index contributed by atoms with van der Waals surface area (Å²) >= 11 is 0. The van der Waals surface area contributed by atoms with Gasteiger partial charge in [-0.05, 0) is 71.9 Å². The minimum atomic E-state index is -0.498. The highest BCUT2D eigenvalue weighted by atomic mass is 16.7. The summed E-state index contributed by atoms with van der Waals surface area (Å²) in [5, 5.41) is 0. The molecule has 0 saturated carbocycles. The van der Waals surface area contributed by atoms with Crippen LogP contribution in [-0.2, 0) is 19.0 Å². The maximum Gasteiger partial charge on any atom is 0.508 e. The van der Waals surface area contributed by atoms with Gasteiger partial charge in [0.15, 0.2) is 0 Å². The monoisotopic (exact) mass is 596 g/mol. The molecule has 0 heterocycles. The molecule has 0 spiro atoms. The number of carbonyl (C=O) groups is 2. The van der Waals surface area contributed by atoms with E-state index in [1.54, 1.807) is 0 Å². The first-order valence-corrected chi connectivity index (χ1v) is 17.7. The summed E-state index contributed by atoms with van der Waals surface area (Å²) in [6, 6.07) is 0. The Morgan fingerprint density at radius 3 is 1.67 bits per heavy atom. The second kappa shape index (κ2) is 30.9. The fourth-order valence-corrected chi connectivity index (χ4v) is 5.26. The van der Waals surface area contributed by atoms with Crippen molar-refractivity contribution in [3.05, 3.63) is 12.2 Å². The van der Waals surface area contributed by atoms with Gasteiger partial charge in [-0.3, -0.25) is 4.79 Å². The van der Waals surface area contributed by atoms with Crippen LogP contribution in [0.2, 0.25) is 0 Å². The lowest BCUT2D eigenvalue weighted by molar-refractivity contribution is -0.146. The normalized spacial score (nSPS) is 13.0. The van der Waals surface area contributed by atoms with Crippen LogP contribution in [-0.4, -0.2) is 56.5 Å². The smallest absolute Gasteiger partial charge is 0.462 e. The van der Waals surface area contributed by atoms with E-state index in [1.807, 2.05) is 14.1 Å². The third-order valence-corrected chi connectivity index (χ3v) is 7.79. The largest absolute Gasteiger partial charge is 0.508 e. The third-order valence-electron chi connectivity index (χ3n) is 7.79. The lowest BCUT2D eigenvalue weighted by atomic mass is 10.0. The lowest BCUT2D eigenvalue weighted by Crippen LogP contribution is -2.21. The molecule has 0 aliphatic rings. The molecule has 0 fully saturated rings. The summed E-state index contributed by atoms with van der Waals surface area (Å²) in [6.07, 6.45) is 30.5. The minimum absolute atomic E-state index is 0.0203. The van der Waals surface area contributed by atoms with Crippen molar-refractivity contribution >= 4 is 12.1 Å². The fraction of sp³-hybridized carbons (Fsp3) is 0.889. The highest BCUT2D eigenvalue weighted by Crippen LogP contribution is 2.18. The van der Waals surface area contributed by atoms with Gasteiger partial charge in [0.05, 0.1) is 6.61 Å². The molecular weight excluding hydrogens is 526 g/mol. The molecule has 0 bridgehead atoms. The summed E-state index contributed by atoms with van der Waals surface area (Å²) in [5.74, 6) is -0.175. The van der Waals surface area contributed by atoms with Crippen molar-refractivity contribution in [2.45, 2.75) is 181 Å². The van der Waals surface area contributed by atoms with Crippen molar-refractivity contribution in [3.8, 4) is 0 Å². The number of allylic oxidation sites excluding steroid dienone is 1. The molecule has 0 rings (SSSR count). The maximum absolute atomic E-state index is 12.3. The van der Waals surface area contributed by atoms with Gasteiger partial charge < -0.3 is 19.1 Å². The molecule has 1 unspecified atom stereocenters. The first kappa shape index (κ1) is 40.4. The van der Waals surface area contributed by atoms with Crippen molar-refractivity contribution in [1.82, 2.24) is 4.90 Å².